The van der Waals surface area contributed by atoms with Crippen LogP contribution in [0.25, 0.3) is 0 Å². The molecule has 1 amide bonds. The first kappa shape index (κ1) is 22.5. The first-order valence-corrected chi connectivity index (χ1v) is 11.2. The smallest absolute Gasteiger partial charge is 0.290 e. The van der Waals surface area contributed by atoms with Gasteiger partial charge in [-0.3, -0.25) is 19.0 Å². The molecule has 1 aromatic heterocycles. The Morgan fingerprint density at radius 3 is 2.12 bits per heavy atom. The van der Waals surface area contributed by atoms with E-state index in [1.807, 2.05) is 74.5 Å². The molecule has 0 spiro atoms. The molecule has 0 saturated heterocycles. The number of benzene rings is 2. The number of nitrogens with two attached hydrogens (primary N) is 1. The van der Waals surface area contributed by atoms with E-state index in [0.717, 1.165) is 11.1 Å². The van der Waals surface area contributed by atoms with Gasteiger partial charge in [-0.05, 0) is 23.5 Å². The second kappa shape index (κ2) is 9.40. The van der Waals surface area contributed by atoms with Crippen LogP contribution in [0, 0.1) is 5.92 Å². The van der Waals surface area contributed by atoms with Gasteiger partial charge in [0.2, 0.25) is 11.7 Å². The number of ketones is 1. The molecule has 0 bridgehead atoms. The number of hydrogen-bond donors (Lipinski definition) is 1. The van der Waals surface area contributed by atoms with E-state index in [2.05, 4.69) is 4.98 Å². The highest BCUT2D eigenvalue weighted by Crippen LogP contribution is 2.28. The molecule has 0 fully saturated rings. The summed E-state index contributed by atoms with van der Waals surface area (Å²) in [4.78, 5) is 44.5. The van der Waals surface area contributed by atoms with Gasteiger partial charge >= 0.3 is 0 Å². The number of carbonyl (C=O) groups is 2. The molecular weight excluding hydrogens is 416 g/mol. The summed E-state index contributed by atoms with van der Waals surface area (Å²) in [5, 5.41) is 0. The summed E-state index contributed by atoms with van der Waals surface area (Å²) in [5.41, 5.74) is 8.99. The fraction of sp³-hybridized carbons (Fsp3) is 0.308. The Labute approximate surface area is 192 Å². The van der Waals surface area contributed by atoms with E-state index >= 15 is 0 Å². The standard InChI is InChI=1S/C26H28N4O3/c1-17(2)15-22(31)25(33)29-14-13-20-21(16-29)28-26(27)30(24(20)32)23(18-9-5-3-6-10-18)19-11-7-4-8-12-19/h3-12,17,23H,13-16H2,1-2H3,(H2,27,28). The summed E-state index contributed by atoms with van der Waals surface area (Å²) in [6.07, 6.45) is 0.535. The minimum atomic E-state index is -0.523. The molecule has 2 aromatic carbocycles. The topological polar surface area (TPSA) is 98.3 Å². The van der Waals surface area contributed by atoms with Crippen LogP contribution >= 0.6 is 0 Å². The number of hydrogen-bond acceptors (Lipinski definition) is 5. The molecule has 0 radical (unpaired) electrons. The Hall–Kier alpha value is -3.74. The molecule has 1 aliphatic heterocycles. The minimum Gasteiger partial charge on any atom is -0.369 e. The van der Waals surface area contributed by atoms with Crippen LogP contribution in [-0.2, 0) is 22.6 Å². The van der Waals surface area contributed by atoms with Crippen molar-refractivity contribution >= 4 is 17.6 Å². The number of aromatic nitrogens is 2. The maximum atomic E-state index is 13.7. The second-order valence-corrected chi connectivity index (χ2v) is 8.79. The van der Waals surface area contributed by atoms with Crippen molar-refractivity contribution < 1.29 is 9.59 Å². The predicted octanol–water partition coefficient (Wildman–Crippen LogP) is 2.96. The van der Waals surface area contributed by atoms with E-state index in [-0.39, 0.29) is 30.4 Å². The molecule has 170 valence electrons. The van der Waals surface area contributed by atoms with Gasteiger partial charge in [-0.15, -0.1) is 0 Å². The lowest BCUT2D eigenvalue weighted by atomic mass is 9.97. The quantitative estimate of drug-likeness (QED) is 0.590. The van der Waals surface area contributed by atoms with E-state index in [1.165, 1.54) is 9.47 Å². The SMILES string of the molecule is CC(C)CC(=O)C(=O)N1CCc2c(nc(N)n(C(c3ccccc3)c3ccccc3)c2=O)C1. The van der Waals surface area contributed by atoms with Crippen molar-refractivity contribution in [1.82, 2.24) is 14.5 Å². The van der Waals surface area contributed by atoms with Gasteiger partial charge in [0.1, 0.15) is 0 Å². The highest BCUT2D eigenvalue weighted by Gasteiger charge is 2.31. The summed E-state index contributed by atoms with van der Waals surface area (Å²) < 4.78 is 1.53. The summed E-state index contributed by atoms with van der Waals surface area (Å²) in [7, 11) is 0. The van der Waals surface area contributed by atoms with Crippen LogP contribution in [0.4, 0.5) is 5.95 Å². The third-order valence-electron chi connectivity index (χ3n) is 5.90. The van der Waals surface area contributed by atoms with Crippen molar-refractivity contribution in [2.45, 2.75) is 39.3 Å². The van der Waals surface area contributed by atoms with Gasteiger partial charge in [0.25, 0.3) is 11.5 Å². The Balaban J connectivity index is 1.74. The molecule has 7 nitrogen and oxygen atoms in total. The zero-order valence-corrected chi connectivity index (χ0v) is 18.9. The largest absolute Gasteiger partial charge is 0.369 e. The lowest BCUT2D eigenvalue weighted by molar-refractivity contribution is -0.145. The van der Waals surface area contributed by atoms with Crippen molar-refractivity contribution in [3.8, 4) is 0 Å². The van der Waals surface area contributed by atoms with Crippen molar-refractivity contribution in [3.63, 3.8) is 0 Å². The van der Waals surface area contributed by atoms with Crippen LogP contribution < -0.4 is 11.3 Å². The van der Waals surface area contributed by atoms with Crippen LogP contribution in [-0.4, -0.2) is 32.7 Å². The number of fused-ring (bicyclic) bond motifs is 1. The fourth-order valence-corrected chi connectivity index (χ4v) is 4.34. The van der Waals surface area contributed by atoms with Crippen LogP contribution in [0.15, 0.2) is 65.5 Å². The molecule has 2 N–H and O–H groups in total. The molecule has 2 heterocycles. The van der Waals surface area contributed by atoms with E-state index < -0.39 is 17.7 Å². The molecule has 0 atom stereocenters. The lowest BCUT2D eigenvalue weighted by Crippen LogP contribution is -2.44. The number of rotatable bonds is 6. The molecule has 3 aromatic rings. The van der Waals surface area contributed by atoms with E-state index in [1.54, 1.807) is 0 Å². The molecule has 0 unspecified atom stereocenters. The van der Waals surface area contributed by atoms with Crippen LogP contribution in [0.3, 0.4) is 0 Å². The highest BCUT2D eigenvalue weighted by atomic mass is 16.2. The molecule has 0 saturated carbocycles. The molecule has 33 heavy (non-hydrogen) atoms. The minimum absolute atomic E-state index is 0.0827. The molecule has 0 aliphatic carbocycles. The summed E-state index contributed by atoms with van der Waals surface area (Å²) >= 11 is 0. The zero-order valence-electron chi connectivity index (χ0n) is 18.9. The normalized spacial score (nSPS) is 13.3. The number of carbonyl (C=O) groups excluding carboxylic acids is 2. The highest BCUT2D eigenvalue weighted by molar-refractivity contribution is 6.36. The third-order valence-corrected chi connectivity index (χ3v) is 5.90. The van der Waals surface area contributed by atoms with Gasteiger partial charge in [-0.1, -0.05) is 74.5 Å². The summed E-state index contributed by atoms with van der Waals surface area (Å²) in [5.74, 6) is -0.750. The van der Waals surface area contributed by atoms with Crippen LogP contribution in [0.5, 0.6) is 0 Å². The lowest BCUT2D eigenvalue weighted by Gasteiger charge is -2.30. The van der Waals surface area contributed by atoms with Gasteiger partial charge in [-0.2, -0.15) is 0 Å². The van der Waals surface area contributed by atoms with Crippen molar-refractivity contribution in [2.24, 2.45) is 5.92 Å². The number of nitrogen functional groups attached to an aromatic ring is 1. The Kier molecular flexibility index (Phi) is 6.40. The Morgan fingerprint density at radius 2 is 1.58 bits per heavy atom. The van der Waals surface area contributed by atoms with Crippen LogP contribution in [0.1, 0.15) is 48.7 Å². The molecule has 1 aliphatic rings. The molecular formula is C26H28N4O3. The van der Waals surface area contributed by atoms with Gasteiger partial charge in [0, 0.05) is 18.5 Å². The first-order chi connectivity index (χ1) is 15.9. The van der Waals surface area contributed by atoms with Crippen molar-refractivity contribution in [1.29, 1.82) is 0 Å². The van der Waals surface area contributed by atoms with Gasteiger partial charge in [0.05, 0.1) is 18.3 Å². The van der Waals surface area contributed by atoms with Gasteiger partial charge < -0.3 is 10.6 Å². The van der Waals surface area contributed by atoms with E-state index in [0.29, 0.717) is 24.2 Å². The van der Waals surface area contributed by atoms with Gasteiger partial charge in [0.15, 0.2) is 0 Å². The monoisotopic (exact) mass is 444 g/mol. The predicted molar refractivity (Wildman–Crippen MR) is 127 cm³/mol. The second-order valence-electron chi connectivity index (χ2n) is 8.79. The average Bonchev–Trinajstić information content (AvgIpc) is 2.81. The van der Waals surface area contributed by atoms with E-state index in [4.69, 9.17) is 5.73 Å². The number of Topliss-reactive ketones (excluding diaryl/α,β-unsaturated/α-hetero) is 1. The third kappa shape index (κ3) is 4.58. The zero-order chi connectivity index (χ0) is 23.5. The maximum absolute atomic E-state index is 13.7. The first-order valence-electron chi connectivity index (χ1n) is 11.2. The fourth-order valence-electron chi connectivity index (χ4n) is 4.34. The summed E-state index contributed by atoms with van der Waals surface area (Å²) in [6.45, 7) is 4.21. The van der Waals surface area contributed by atoms with Crippen molar-refractivity contribution in [2.75, 3.05) is 12.3 Å². The molecule has 7 heteroatoms. The Bertz CT molecular complexity index is 1180. The number of anilines is 1. The average molecular weight is 445 g/mol. The Morgan fingerprint density at radius 1 is 1.00 bits per heavy atom. The van der Waals surface area contributed by atoms with Gasteiger partial charge in [-0.25, -0.2) is 4.98 Å². The molecule has 4 rings (SSSR count). The number of nitrogens with zero attached hydrogens (tertiary/aromatic N) is 3. The maximum Gasteiger partial charge on any atom is 0.290 e. The number of amides is 1. The van der Waals surface area contributed by atoms with Crippen molar-refractivity contribution in [3.05, 3.63) is 93.4 Å². The summed E-state index contributed by atoms with van der Waals surface area (Å²) in [6, 6.07) is 19.0. The van der Waals surface area contributed by atoms with Crippen LogP contribution in [0.2, 0.25) is 0 Å². The van der Waals surface area contributed by atoms with E-state index in [9.17, 15) is 14.4 Å².